The molecule has 88 valence electrons. The van der Waals surface area contributed by atoms with Gasteiger partial charge >= 0.3 is 5.97 Å². The highest BCUT2D eigenvalue weighted by molar-refractivity contribution is 5.76. The SMILES string of the molecule is O=C(O)C(O)C(O)c1ccc2nccnc2c1. The number of carbonyl (C=O) groups is 1. The van der Waals surface area contributed by atoms with Crippen LogP contribution in [0.5, 0.6) is 0 Å². The predicted octanol–water partition coefficient (Wildman–Crippen LogP) is 0.109. The van der Waals surface area contributed by atoms with E-state index in [4.69, 9.17) is 5.11 Å². The van der Waals surface area contributed by atoms with Gasteiger partial charge in [-0.3, -0.25) is 9.97 Å². The Bertz CT molecular complexity index is 558. The Morgan fingerprint density at radius 2 is 1.76 bits per heavy atom. The molecule has 0 radical (unpaired) electrons. The zero-order chi connectivity index (χ0) is 12.4. The smallest absolute Gasteiger partial charge is 0.335 e. The van der Waals surface area contributed by atoms with Crippen LogP contribution in [0.1, 0.15) is 11.7 Å². The predicted molar refractivity (Wildman–Crippen MR) is 58.1 cm³/mol. The van der Waals surface area contributed by atoms with Gasteiger partial charge in [-0.25, -0.2) is 4.79 Å². The fourth-order valence-corrected chi connectivity index (χ4v) is 1.48. The number of carboxylic acid groups (broad SMARTS) is 1. The van der Waals surface area contributed by atoms with Crippen molar-refractivity contribution in [3.8, 4) is 0 Å². The molecule has 0 saturated heterocycles. The average molecular weight is 234 g/mol. The van der Waals surface area contributed by atoms with Crippen LogP contribution in [0.25, 0.3) is 11.0 Å². The van der Waals surface area contributed by atoms with E-state index < -0.39 is 18.2 Å². The summed E-state index contributed by atoms with van der Waals surface area (Å²) < 4.78 is 0. The standard InChI is InChI=1S/C11H10N2O4/c14-9(10(15)11(16)17)6-1-2-7-8(5-6)13-4-3-12-7/h1-5,9-10,14-15H,(H,16,17). The average Bonchev–Trinajstić information content (AvgIpc) is 2.36. The Kier molecular flexibility index (Phi) is 2.99. The number of aliphatic hydroxyl groups is 2. The molecule has 0 aliphatic carbocycles. The number of aliphatic carboxylic acids is 1. The van der Waals surface area contributed by atoms with Crippen LogP contribution in [-0.4, -0.2) is 37.4 Å². The van der Waals surface area contributed by atoms with Crippen LogP contribution in [-0.2, 0) is 4.79 Å². The van der Waals surface area contributed by atoms with Crippen LogP contribution in [0, 0.1) is 0 Å². The Labute approximate surface area is 96.2 Å². The van der Waals surface area contributed by atoms with Crippen LogP contribution in [0.4, 0.5) is 0 Å². The molecular formula is C11H10N2O4. The second-order valence-electron chi connectivity index (χ2n) is 3.53. The largest absolute Gasteiger partial charge is 0.479 e. The van der Waals surface area contributed by atoms with E-state index in [2.05, 4.69) is 9.97 Å². The molecule has 6 nitrogen and oxygen atoms in total. The van der Waals surface area contributed by atoms with Gasteiger partial charge in [0.1, 0.15) is 6.10 Å². The first kappa shape index (κ1) is 11.4. The lowest BCUT2D eigenvalue weighted by Gasteiger charge is -2.14. The molecule has 2 rings (SSSR count). The number of hydrogen-bond acceptors (Lipinski definition) is 5. The lowest BCUT2D eigenvalue weighted by molar-refractivity contribution is -0.153. The number of aliphatic hydroxyl groups excluding tert-OH is 2. The molecule has 0 aliphatic rings. The van der Waals surface area contributed by atoms with Crippen molar-refractivity contribution in [2.24, 2.45) is 0 Å². The van der Waals surface area contributed by atoms with Crippen molar-refractivity contribution >= 4 is 17.0 Å². The van der Waals surface area contributed by atoms with E-state index in [1.807, 2.05) is 0 Å². The molecule has 0 bridgehead atoms. The first-order chi connectivity index (χ1) is 8.09. The maximum atomic E-state index is 10.5. The third kappa shape index (κ3) is 2.22. The number of aromatic nitrogens is 2. The molecule has 0 fully saturated rings. The molecule has 6 heteroatoms. The molecule has 0 amide bonds. The second kappa shape index (κ2) is 4.44. The van der Waals surface area contributed by atoms with Crippen LogP contribution in [0.15, 0.2) is 30.6 Å². The van der Waals surface area contributed by atoms with E-state index in [9.17, 15) is 15.0 Å². The zero-order valence-electron chi connectivity index (χ0n) is 8.69. The molecule has 2 aromatic rings. The van der Waals surface area contributed by atoms with E-state index in [1.165, 1.54) is 24.5 Å². The van der Waals surface area contributed by atoms with Gasteiger partial charge in [-0.05, 0) is 17.7 Å². The molecule has 0 spiro atoms. The van der Waals surface area contributed by atoms with Gasteiger partial charge in [0.15, 0.2) is 6.10 Å². The minimum absolute atomic E-state index is 0.285. The van der Waals surface area contributed by atoms with Crippen molar-refractivity contribution in [1.29, 1.82) is 0 Å². The third-order valence-electron chi connectivity index (χ3n) is 2.39. The van der Waals surface area contributed by atoms with Crippen LogP contribution in [0.3, 0.4) is 0 Å². The van der Waals surface area contributed by atoms with Gasteiger partial charge < -0.3 is 15.3 Å². The lowest BCUT2D eigenvalue weighted by Crippen LogP contribution is -2.27. The number of carboxylic acids is 1. The monoisotopic (exact) mass is 234 g/mol. The van der Waals surface area contributed by atoms with Gasteiger partial charge in [-0.15, -0.1) is 0 Å². The van der Waals surface area contributed by atoms with Gasteiger partial charge in [-0.1, -0.05) is 6.07 Å². The first-order valence-electron chi connectivity index (χ1n) is 4.89. The molecule has 3 N–H and O–H groups in total. The summed E-state index contributed by atoms with van der Waals surface area (Å²) in [5, 5.41) is 27.5. The Balaban J connectivity index is 2.39. The number of nitrogens with zero attached hydrogens (tertiary/aromatic N) is 2. The number of benzene rings is 1. The summed E-state index contributed by atoms with van der Waals surface area (Å²) in [4.78, 5) is 18.6. The van der Waals surface area contributed by atoms with E-state index in [0.29, 0.717) is 11.0 Å². The highest BCUT2D eigenvalue weighted by Crippen LogP contribution is 2.20. The summed E-state index contributed by atoms with van der Waals surface area (Å²) in [7, 11) is 0. The second-order valence-corrected chi connectivity index (χ2v) is 3.53. The molecule has 1 aromatic carbocycles. The molecular weight excluding hydrogens is 224 g/mol. The lowest BCUT2D eigenvalue weighted by atomic mass is 10.0. The summed E-state index contributed by atoms with van der Waals surface area (Å²) in [6, 6.07) is 4.61. The van der Waals surface area contributed by atoms with Crippen LogP contribution < -0.4 is 0 Å². The van der Waals surface area contributed by atoms with E-state index in [1.54, 1.807) is 6.07 Å². The Morgan fingerprint density at radius 1 is 1.12 bits per heavy atom. The van der Waals surface area contributed by atoms with Crippen molar-refractivity contribution in [3.05, 3.63) is 36.2 Å². The summed E-state index contributed by atoms with van der Waals surface area (Å²) >= 11 is 0. The summed E-state index contributed by atoms with van der Waals surface area (Å²) in [5.74, 6) is -1.48. The van der Waals surface area contributed by atoms with E-state index in [0.717, 1.165) is 0 Å². The van der Waals surface area contributed by atoms with E-state index >= 15 is 0 Å². The number of rotatable bonds is 3. The Hall–Kier alpha value is -2.05. The van der Waals surface area contributed by atoms with Crippen LogP contribution in [0.2, 0.25) is 0 Å². The Morgan fingerprint density at radius 3 is 2.41 bits per heavy atom. The first-order valence-corrected chi connectivity index (χ1v) is 4.89. The molecule has 1 aromatic heterocycles. The molecule has 1 heterocycles. The van der Waals surface area contributed by atoms with Crippen molar-refractivity contribution in [2.75, 3.05) is 0 Å². The van der Waals surface area contributed by atoms with Gasteiger partial charge in [0.05, 0.1) is 11.0 Å². The van der Waals surface area contributed by atoms with E-state index in [-0.39, 0.29) is 5.56 Å². The fraction of sp³-hybridized carbons (Fsp3) is 0.182. The van der Waals surface area contributed by atoms with Crippen molar-refractivity contribution in [1.82, 2.24) is 9.97 Å². The molecule has 0 saturated carbocycles. The van der Waals surface area contributed by atoms with Gasteiger partial charge in [0.25, 0.3) is 0 Å². The van der Waals surface area contributed by atoms with Gasteiger partial charge in [0, 0.05) is 12.4 Å². The highest BCUT2D eigenvalue weighted by Gasteiger charge is 2.25. The number of hydrogen-bond donors (Lipinski definition) is 3. The van der Waals surface area contributed by atoms with Crippen molar-refractivity contribution in [3.63, 3.8) is 0 Å². The molecule has 2 atom stereocenters. The van der Waals surface area contributed by atoms with Gasteiger partial charge in [-0.2, -0.15) is 0 Å². The maximum absolute atomic E-state index is 10.5. The normalized spacial score (nSPS) is 14.5. The highest BCUT2D eigenvalue weighted by atomic mass is 16.4. The number of fused-ring (bicyclic) bond motifs is 1. The molecule has 0 aliphatic heterocycles. The fourth-order valence-electron chi connectivity index (χ4n) is 1.48. The summed E-state index contributed by atoms with van der Waals surface area (Å²) in [6.07, 6.45) is -0.320. The molecule has 17 heavy (non-hydrogen) atoms. The summed E-state index contributed by atoms with van der Waals surface area (Å²) in [5.41, 5.74) is 1.45. The van der Waals surface area contributed by atoms with Crippen molar-refractivity contribution in [2.45, 2.75) is 12.2 Å². The van der Waals surface area contributed by atoms with Crippen molar-refractivity contribution < 1.29 is 20.1 Å². The molecule has 2 unspecified atom stereocenters. The maximum Gasteiger partial charge on any atom is 0.335 e. The topological polar surface area (TPSA) is 104 Å². The van der Waals surface area contributed by atoms with Gasteiger partial charge in [0.2, 0.25) is 0 Å². The zero-order valence-corrected chi connectivity index (χ0v) is 8.69. The third-order valence-corrected chi connectivity index (χ3v) is 2.39. The summed E-state index contributed by atoms with van der Waals surface area (Å²) in [6.45, 7) is 0. The minimum Gasteiger partial charge on any atom is -0.479 e. The minimum atomic E-state index is -1.86. The quantitative estimate of drug-likeness (QED) is 0.696. The van der Waals surface area contributed by atoms with Crippen LogP contribution >= 0.6 is 0 Å².